The van der Waals surface area contributed by atoms with Crippen molar-refractivity contribution >= 4 is 314 Å². The zero-order valence-electron chi connectivity index (χ0n) is 67.2. The van der Waals surface area contributed by atoms with Gasteiger partial charge in [-0.05, 0) is 312 Å². The summed E-state index contributed by atoms with van der Waals surface area (Å²) in [5.74, 6) is 9.48. The average Bonchev–Trinajstić information content (AvgIpc) is 1.72. The van der Waals surface area contributed by atoms with Gasteiger partial charge in [0.25, 0.3) is 0 Å². The number of nitrogens with zero attached hydrogens (tertiary/aromatic N) is 2. The van der Waals surface area contributed by atoms with Crippen molar-refractivity contribution in [2.24, 2.45) is 65.1 Å². The topological polar surface area (TPSA) is 254 Å². The molecule has 7 saturated carbocycles. The number of nitrogens with one attached hydrogen (secondary N) is 2. The van der Waals surface area contributed by atoms with Crippen molar-refractivity contribution < 1.29 is 164 Å². The Hall–Kier alpha value is 10.7. The molecule has 3 radical (unpaired) electrons. The molecule has 2 N–H and O–H groups in total. The molecule has 9 rings (SSSR count). The summed E-state index contributed by atoms with van der Waals surface area (Å²) in [5, 5.41) is 20.0. The van der Waals surface area contributed by atoms with Gasteiger partial charge >= 0.3 is 110 Å². The molecule has 9 aliphatic rings. The van der Waals surface area contributed by atoms with Crippen molar-refractivity contribution in [2.45, 2.75) is 292 Å². The Morgan fingerprint density at radius 1 is 0.577 bits per heavy atom. The number of rotatable bonds is 7. The molecular weight excluding hydrogens is 2920 g/mol. The number of carbonyl (C=O) groups is 2. The number of Topliss-reactive ketones (excluding diaryl/α,β-unsaturated/α-hetero) is 1. The number of nitriles is 2. The minimum absolute atomic E-state index is 0. The third-order valence-corrected chi connectivity index (χ3v) is 18.9. The van der Waals surface area contributed by atoms with E-state index in [1.807, 2.05) is 27.7 Å². The summed E-state index contributed by atoms with van der Waals surface area (Å²) in [4.78, 5) is 24.8. The Morgan fingerprint density at radius 2 is 0.793 bits per heavy atom. The molecule has 2 spiro atoms. The number of hydrogen-bond donors (Lipinski definition) is 2. The third-order valence-electron chi connectivity index (χ3n) is 18.7. The van der Waals surface area contributed by atoms with Crippen LogP contribution >= 0.6 is 254 Å². The number of hydrogen-bond acceptors (Lipinski definition) is 17. The second-order valence-corrected chi connectivity index (χ2v) is 66.1. The van der Waals surface area contributed by atoms with Crippen LogP contribution in [0.3, 0.4) is 0 Å². The third kappa shape index (κ3) is 108. The summed E-state index contributed by atoms with van der Waals surface area (Å²) >= 11 is 26.3. The van der Waals surface area contributed by atoms with Gasteiger partial charge in [-0.15, -0.1) is 12.4 Å². The summed E-state index contributed by atoms with van der Waals surface area (Å²) in [6.45, 7) is 35.6. The molecule has 44 heteroatoms. The predicted molar refractivity (Wildman–Crippen MR) is 550 cm³/mol. The number of ketones is 1. The van der Waals surface area contributed by atoms with Crippen LogP contribution in [0.4, 0.5) is 7.65 Å². The largest absolute Gasteiger partial charge is 1.00 e. The maximum absolute atomic E-state index is 11.5. The first kappa shape index (κ1) is 153. The van der Waals surface area contributed by atoms with Gasteiger partial charge in [-0.25, -0.2) is 9.63 Å². The molecule has 2 aliphatic heterocycles. The van der Waals surface area contributed by atoms with Gasteiger partial charge in [0.2, 0.25) is 0 Å². The molecule has 17 nitrogen and oxygen atoms in total. The van der Waals surface area contributed by atoms with Gasteiger partial charge in [0, 0.05) is 123 Å². The van der Waals surface area contributed by atoms with Crippen LogP contribution in [-0.2, 0) is 131 Å². The van der Waals surface area contributed by atoms with E-state index in [1.54, 1.807) is 18.6 Å². The van der Waals surface area contributed by atoms with Crippen molar-refractivity contribution in [3.05, 3.63) is 0 Å². The zero-order chi connectivity index (χ0) is 82.4. The maximum atomic E-state index is 11.5. The Kier molecular flexibility index (Phi) is 158. The van der Waals surface area contributed by atoms with Crippen LogP contribution in [0, 0.1) is 87.8 Å². The first-order chi connectivity index (χ1) is 50.1. The van der Waals surface area contributed by atoms with Crippen molar-refractivity contribution in [1.29, 1.82) is 10.5 Å². The number of halogens is 13. The standard InChI is InChI=1S/C14H27NO2.C9H18ClN.C9H15N.2C9H16O2.C8H13N.C7H12O.C2H6S.ClH.FI2.I3P.HI2P.3H2IP.Na.3O2S.H3P.3V/c1-5-11-6-8-12(9-7-11)10-15-13(16)17-14(2,3)4;1-2-8-3-5-9(6-4-8)7-11-10;1-2-8-3-5-9(7-10)6-4-8;2*1-8-2-4-9(5-3-8)10-6-7-11-9;1-7-2-4-8(6-9)5-3-7;1-6-2-4-7(8)5-3-6;1-2-3;;1-3-2;1-4(2)3;1-3-2;3*1-2;;3*1-3-2;;;;/h11-12H,5-10H2,1-4H3,(H,15,16);8-9,11H,2-7H2,1H3;8-9H,2-6H2,1H3;2*8H,2-7H2,1H3;7-8H,2-5H2,1H3;6H,2-5H2,1H3;3H,2H2,1H3;1H;;;3H;3*2H2;;;;;1H3;;;/q;;;;;;;;;-1;;;;;;+1;;;;;;;/p-1. The molecule has 4 atom stereocenters. The van der Waals surface area contributed by atoms with E-state index < -0.39 is 58.1 Å². The summed E-state index contributed by atoms with van der Waals surface area (Å²) < 4.78 is 89.1. The summed E-state index contributed by atoms with van der Waals surface area (Å²) in [7, 11) is 0. The van der Waals surface area contributed by atoms with E-state index in [0.29, 0.717) is 23.5 Å². The predicted octanol–water partition coefficient (Wildman–Crippen LogP) is 21.2. The molecule has 0 aromatic rings. The van der Waals surface area contributed by atoms with Crippen LogP contribution in [0.5, 0.6) is 0 Å². The smallest absolute Gasteiger partial charge is 0.168 e. The van der Waals surface area contributed by atoms with Crippen molar-refractivity contribution in [1.82, 2.24) is 10.2 Å². The van der Waals surface area contributed by atoms with Crippen molar-refractivity contribution in [3.63, 3.8) is 0 Å². The minimum atomic E-state index is -0.940. The SMILES string of the molecule is CC1CCC(=O)CC1.CC1CCC(C#N)CC1.CC1CCC2(CC1)OCCO2.CC1CCC2(CC1)OCCO2.CCC1CCC(C#N)CC1.CCC1CCC(CNC(=O)OC(C)(C)C)CC1.CCC1CCC(CNCl)CC1.CC[S-].Cl.F[I-]I.IP(I)I.IPI.O=S=O.O=S=O.O=S=O.P.PI.PI.PI.[Na+].[V].[V].[V]. The molecule has 0 aromatic heterocycles. The van der Waals surface area contributed by atoms with E-state index in [2.05, 4.69) is 280 Å². The zero-order valence-corrected chi connectivity index (χ0v) is 107. The summed E-state index contributed by atoms with van der Waals surface area (Å²) in [6.07, 6.45) is 37.4. The molecular formula is C67H133Cl2FI10N4NaO13P6S4V3-. The van der Waals surface area contributed by atoms with Gasteiger partial charge in [0.15, 0.2) is 11.6 Å². The Labute approximate surface area is 898 Å². The van der Waals surface area contributed by atoms with Crippen LogP contribution in [-0.4, -0.2) is 99.6 Å². The molecule has 4 unspecified atom stereocenters. The van der Waals surface area contributed by atoms with Gasteiger partial charge in [0.1, 0.15) is 11.4 Å². The fourth-order valence-corrected chi connectivity index (χ4v) is 12.7. The molecule has 7 aliphatic carbocycles. The van der Waals surface area contributed by atoms with Crippen LogP contribution in [0.15, 0.2) is 0 Å². The normalized spacial score (nSPS) is 22.7. The number of alkyl carbamates (subject to hydrolysis) is 1. The first-order valence-electron chi connectivity index (χ1n) is 35.9. The van der Waals surface area contributed by atoms with Crippen molar-refractivity contribution in [2.75, 3.05) is 45.3 Å². The molecule has 1 amide bonds. The van der Waals surface area contributed by atoms with Gasteiger partial charge in [-0.3, -0.25) is 4.79 Å². The monoisotopic (exact) mass is 3050 g/mol. The van der Waals surface area contributed by atoms with Crippen LogP contribution in [0.25, 0.3) is 0 Å². The van der Waals surface area contributed by atoms with Crippen LogP contribution < -0.4 is 57.5 Å². The van der Waals surface area contributed by atoms with E-state index in [9.17, 15) is 12.4 Å². The van der Waals surface area contributed by atoms with Gasteiger partial charge in [-0.2, -0.15) is 51.4 Å². The Bertz CT molecular complexity index is 2060. The second-order valence-electron chi connectivity index (χ2n) is 27.3. The molecule has 111 heavy (non-hydrogen) atoms. The Balaban J connectivity index is -0.0000000778. The minimum Gasteiger partial charge on any atom is -0.168 e. The fourth-order valence-electron chi connectivity index (χ4n) is 12.5. The second kappa shape index (κ2) is 115. The quantitative estimate of drug-likeness (QED) is 0.0790. The number of carbonyl (C=O) groups excluding carboxylic acids is 2. The van der Waals surface area contributed by atoms with E-state index in [0.717, 1.165) is 174 Å². The molecule has 0 bridgehead atoms. The fraction of sp³-hybridized carbons (Fsp3) is 0.940. The first-order valence-corrected chi connectivity index (χ1v) is 75.4. The molecule has 2 saturated heterocycles. The van der Waals surface area contributed by atoms with Crippen molar-refractivity contribution in [3.8, 4) is 12.1 Å². The molecule has 0 aromatic carbocycles. The average molecular weight is 3050 g/mol. The van der Waals surface area contributed by atoms with E-state index in [-0.39, 0.29) is 126 Å². The Morgan fingerprint density at radius 3 is 1.02 bits per heavy atom. The summed E-state index contributed by atoms with van der Waals surface area (Å²) in [6, 6.07) is 4.67. The van der Waals surface area contributed by atoms with E-state index in [4.69, 9.17) is 71.2 Å². The van der Waals surface area contributed by atoms with Gasteiger partial charge < -0.3 is 41.6 Å². The van der Waals surface area contributed by atoms with Gasteiger partial charge in [0.05, 0.1) is 39.4 Å². The summed E-state index contributed by atoms with van der Waals surface area (Å²) in [5.41, 5.74) is -0.399. The van der Waals surface area contributed by atoms with E-state index >= 15 is 0 Å². The maximum Gasteiger partial charge on any atom is 1.00 e. The molecule has 9 fully saturated rings. The van der Waals surface area contributed by atoms with Crippen LogP contribution in [0.2, 0.25) is 0 Å². The van der Waals surface area contributed by atoms with E-state index in [1.165, 1.54) is 122 Å². The molecule has 661 valence electrons. The number of amides is 1. The number of ether oxygens (including phenoxy) is 5. The molecule has 2 heterocycles. The van der Waals surface area contributed by atoms with Crippen LogP contribution in [0.1, 0.15) is 275 Å². The van der Waals surface area contributed by atoms with Gasteiger partial charge in [-0.1, -0.05) is 187 Å².